The third kappa shape index (κ3) is 4.92. The lowest BCUT2D eigenvalue weighted by Crippen LogP contribution is -2.30. The summed E-state index contributed by atoms with van der Waals surface area (Å²) >= 11 is 0. The fourth-order valence-corrected chi connectivity index (χ4v) is 5.00. The van der Waals surface area contributed by atoms with Crippen molar-refractivity contribution in [1.29, 1.82) is 0 Å². The zero-order valence-electron chi connectivity index (χ0n) is 22.3. The molecule has 3 heterocycles. The molecule has 194 valence electrons. The molecule has 9 heteroatoms. The third-order valence-corrected chi connectivity index (χ3v) is 7.00. The number of aromatic nitrogens is 3. The highest BCUT2D eigenvalue weighted by atomic mass is 16.5. The Labute approximate surface area is 218 Å². The lowest BCUT2D eigenvalue weighted by atomic mass is 10.1. The molecule has 1 aliphatic heterocycles. The molecule has 0 saturated carbocycles. The van der Waals surface area contributed by atoms with Gasteiger partial charge < -0.3 is 30.2 Å². The zero-order valence-corrected chi connectivity index (χ0v) is 22.3. The summed E-state index contributed by atoms with van der Waals surface area (Å²) < 4.78 is 8.14. The number of benzene rings is 2. The van der Waals surface area contributed by atoms with Crippen molar-refractivity contribution in [3.63, 3.8) is 0 Å². The summed E-state index contributed by atoms with van der Waals surface area (Å²) in [6, 6.07) is 14.4. The first-order valence-corrected chi connectivity index (χ1v) is 12.6. The van der Waals surface area contributed by atoms with E-state index in [1.54, 1.807) is 13.3 Å². The third-order valence-electron chi connectivity index (χ3n) is 7.00. The second-order valence-corrected chi connectivity index (χ2v) is 9.95. The molecule has 1 aliphatic rings. The van der Waals surface area contributed by atoms with Gasteiger partial charge in [0.1, 0.15) is 5.75 Å². The molecular formula is C28H36N8O. The van der Waals surface area contributed by atoms with Crippen LogP contribution in [0.1, 0.15) is 5.69 Å². The number of nitrogens with zero attached hydrogens (tertiary/aromatic N) is 6. The van der Waals surface area contributed by atoms with Gasteiger partial charge in [-0.25, -0.2) is 9.97 Å². The summed E-state index contributed by atoms with van der Waals surface area (Å²) in [6.45, 7) is 4.65. The number of rotatable bonds is 8. The quantitative estimate of drug-likeness (QED) is 0.353. The summed E-state index contributed by atoms with van der Waals surface area (Å²) in [7, 11) is 9.98. The number of nitrogens with one attached hydrogen (secondary N) is 1. The molecule has 0 aliphatic carbocycles. The van der Waals surface area contributed by atoms with Crippen LogP contribution in [-0.4, -0.2) is 79.3 Å². The SMILES string of the molecule is COc1cc(N(C)CCN(C)C)c(N)cc1Nc1nccc(-c2c3n(c4ccccc24)CCN(C)C3)n1. The van der Waals surface area contributed by atoms with Crippen molar-refractivity contribution in [1.82, 2.24) is 24.3 Å². The highest BCUT2D eigenvalue weighted by Crippen LogP contribution is 2.38. The van der Waals surface area contributed by atoms with E-state index in [-0.39, 0.29) is 0 Å². The van der Waals surface area contributed by atoms with Crippen molar-refractivity contribution in [3.05, 3.63) is 54.4 Å². The molecule has 9 nitrogen and oxygen atoms in total. The van der Waals surface area contributed by atoms with Crippen LogP contribution < -0.4 is 20.7 Å². The number of nitrogens with two attached hydrogens (primary N) is 1. The molecule has 0 atom stereocenters. The fourth-order valence-electron chi connectivity index (χ4n) is 5.00. The molecule has 2 aromatic carbocycles. The van der Waals surface area contributed by atoms with Gasteiger partial charge in [0, 0.05) is 74.2 Å². The van der Waals surface area contributed by atoms with Gasteiger partial charge in [0.2, 0.25) is 5.95 Å². The Hall–Kier alpha value is -3.82. The van der Waals surface area contributed by atoms with Crippen molar-refractivity contribution < 1.29 is 4.74 Å². The Morgan fingerprint density at radius 1 is 1.08 bits per heavy atom. The van der Waals surface area contributed by atoms with E-state index < -0.39 is 0 Å². The molecule has 0 unspecified atom stereocenters. The second-order valence-electron chi connectivity index (χ2n) is 9.95. The van der Waals surface area contributed by atoms with Gasteiger partial charge in [0.25, 0.3) is 0 Å². The van der Waals surface area contributed by atoms with E-state index >= 15 is 0 Å². The van der Waals surface area contributed by atoms with Crippen molar-refractivity contribution >= 4 is 33.9 Å². The average molecular weight is 501 g/mol. The van der Waals surface area contributed by atoms with E-state index in [0.717, 1.165) is 55.4 Å². The molecular weight excluding hydrogens is 464 g/mol. The number of fused-ring (bicyclic) bond motifs is 3. The molecule has 0 saturated heterocycles. The van der Waals surface area contributed by atoms with E-state index in [4.69, 9.17) is 15.5 Å². The molecule has 4 aromatic rings. The van der Waals surface area contributed by atoms with E-state index in [2.05, 4.69) is 75.0 Å². The second kappa shape index (κ2) is 10.3. The summed E-state index contributed by atoms with van der Waals surface area (Å²) in [4.78, 5) is 16.1. The van der Waals surface area contributed by atoms with Crippen LogP contribution in [0.15, 0.2) is 48.7 Å². The van der Waals surface area contributed by atoms with E-state index in [1.807, 2.05) is 25.2 Å². The van der Waals surface area contributed by atoms with Gasteiger partial charge in [0.05, 0.1) is 29.9 Å². The van der Waals surface area contributed by atoms with Gasteiger partial charge in [-0.15, -0.1) is 0 Å². The summed E-state index contributed by atoms with van der Waals surface area (Å²) in [5.74, 6) is 1.18. The largest absolute Gasteiger partial charge is 0.494 e. The molecule has 3 N–H and O–H groups in total. The Kier molecular flexibility index (Phi) is 6.90. The van der Waals surface area contributed by atoms with Crippen molar-refractivity contribution in [2.75, 3.05) is 70.9 Å². The van der Waals surface area contributed by atoms with E-state index in [0.29, 0.717) is 17.4 Å². The van der Waals surface area contributed by atoms with Crippen LogP contribution >= 0.6 is 0 Å². The van der Waals surface area contributed by atoms with Crippen LogP contribution in [0.3, 0.4) is 0 Å². The fraction of sp³-hybridized carbons (Fsp3) is 0.357. The predicted molar refractivity (Wildman–Crippen MR) is 152 cm³/mol. The number of methoxy groups -OCH3 is 1. The number of anilines is 4. The summed E-state index contributed by atoms with van der Waals surface area (Å²) in [5.41, 5.74) is 13.4. The topological polar surface area (TPSA) is 87.7 Å². The van der Waals surface area contributed by atoms with Crippen LogP contribution in [0, 0.1) is 0 Å². The van der Waals surface area contributed by atoms with Crippen molar-refractivity contribution in [3.8, 4) is 17.0 Å². The molecule has 2 aromatic heterocycles. The number of nitrogen functional groups attached to an aromatic ring is 1. The molecule has 0 amide bonds. The van der Waals surface area contributed by atoms with Crippen LogP contribution in [-0.2, 0) is 13.1 Å². The van der Waals surface area contributed by atoms with Crippen LogP contribution in [0.4, 0.5) is 23.0 Å². The Morgan fingerprint density at radius 3 is 2.68 bits per heavy atom. The van der Waals surface area contributed by atoms with Gasteiger partial charge in [-0.2, -0.15) is 0 Å². The van der Waals surface area contributed by atoms with Gasteiger partial charge >= 0.3 is 0 Å². The normalized spacial score (nSPS) is 13.7. The average Bonchev–Trinajstić information content (AvgIpc) is 3.21. The highest BCUT2D eigenvalue weighted by Gasteiger charge is 2.24. The number of para-hydroxylation sites is 1. The standard InChI is InChI=1S/C28H36N8O/c1-33(2)12-14-35(4)24-17-26(37-5)22(16-20(24)29)32-28-30-11-10-21(31-28)27-19-8-6-7-9-23(19)36-15-13-34(3)18-25(27)36/h6-11,16-17H,12-15,18,29H2,1-5H3,(H,30,31,32). The molecule has 0 bridgehead atoms. The minimum Gasteiger partial charge on any atom is -0.494 e. The first kappa shape index (κ1) is 24.9. The maximum Gasteiger partial charge on any atom is 0.227 e. The van der Waals surface area contributed by atoms with Crippen molar-refractivity contribution in [2.45, 2.75) is 13.1 Å². The highest BCUT2D eigenvalue weighted by molar-refractivity contribution is 5.97. The van der Waals surface area contributed by atoms with Gasteiger partial charge in [-0.3, -0.25) is 4.90 Å². The molecule has 37 heavy (non-hydrogen) atoms. The molecule has 0 radical (unpaired) electrons. The van der Waals surface area contributed by atoms with Gasteiger partial charge in [0.15, 0.2) is 0 Å². The Morgan fingerprint density at radius 2 is 1.89 bits per heavy atom. The predicted octanol–water partition coefficient (Wildman–Crippen LogP) is 3.88. The first-order valence-electron chi connectivity index (χ1n) is 12.6. The van der Waals surface area contributed by atoms with Crippen LogP contribution in [0.5, 0.6) is 5.75 Å². The molecule has 0 fully saturated rings. The first-order chi connectivity index (χ1) is 17.9. The smallest absolute Gasteiger partial charge is 0.227 e. The Balaban J connectivity index is 1.49. The van der Waals surface area contributed by atoms with Crippen LogP contribution in [0.2, 0.25) is 0 Å². The Bertz CT molecular complexity index is 1410. The molecule has 5 rings (SSSR count). The van der Waals surface area contributed by atoms with Crippen molar-refractivity contribution in [2.24, 2.45) is 0 Å². The maximum absolute atomic E-state index is 6.47. The summed E-state index contributed by atoms with van der Waals surface area (Å²) in [6.07, 6.45) is 1.80. The number of hydrogen-bond acceptors (Lipinski definition) is 8. The minimum atomic E-state index is 0.497. The zero-order chi connectivity index (χ0) is 26.1. The van der Waals surface area contributed by atoms with E-state index in [1.165, 1.54) is 16.6 Å². The lowest BCUT2D eigenvalue weighted by Gasteiger charge is -2.26. The van der Waals surface area contributed by atoms with E-state index in [9.17, 15) is 0 Å². The maximum atomic E-state index is 6.47. The summed E-state index contributed by atoms with van der Waals surface area (Å²) in [5, 5.41) is 4.56. The lowest BCUT2D eigenvalue weighted by molar-refractivity contribution is 0.273. The monoisotopic (exact) mass is 500 g/mol. The number of ether oxygens (including phenoxy) is 1. The number of likely N-dealkylation sites (N-methyl/N-ethyl adjacent to an activating group) is 3. The van der Waals surface area contributed by atoms with Gasteiger partial charge in [-0.05, 0) is 39.3 Å². The molecule has 0 spiro atoms. The van der Waals surface area contributed by atoms with Crippen LogP contribution in [0.25, 0.3) is 22.2 Å². The van der Waals surface area contributed by atoms with Gasteiger partial charge in [-0.1, -0.05) is 18.2 Å². The number of hydrogen-bond donors (Lipinski definition) is 2. The minimum absolute atomic E-state index is 0.497.